The summed E-state index contributed by atoms with van der Waals surface area (Å²) in [5.41, 5.74) is 17.8. The molecule has 12 heteroatoms. The summed E-state index contributed by atoms with van der Waals surface area (Å²) < 4.78 is 0. The Morgan fingerprint density at radius 3 is 2.13 bits per heavy atom. The lowest BCUT2D eigenvalue weighted by Crippen LogP contribution is -2.50. The van der Waals surface area contributed by atoms with Crippen LogP contribution in [0.3, 0.4) is 0 Å². The van der Waals surface area contributed by atoms with Gasteiger partial charge < -0.3 is 32.3 Å². The van der Waals surface area contributed by atoms with Gasteiger partial charge in [-0.3, -0.25) is 19.2 Å². The van der Waals surface area contributed by atoms with E-state index in [4.69, 9.17) is 17.2 Å². The normalized spacial score (nSPS) is 11.2. The van der Waals surface area contributed by atoms with E-state index in [9.17, 15) is 19.2 Å². The van der Waals surface area contributed by atoms with Crippen LogP contribution in [0.15, 0.2) is 65.7 Å². The largest absolute Gasteiger partial charge is 0.370 e. The van der Waals surface area contributed by atoms with E-state index in [1.165, 1.54) is 21.6 Å². The summed E-state index contributed by atoms with van der Waals surface area (Å²) in [6, 6.07) is 18.1. The van der Waals surface area contributed by atoms with Gasteiger partial charge in [0, 0.05) is 25.4 Å². The monoisotopic (exact) mass is 555 g/mol. The molecular weight excluding hydrogens is 518 g/mol. The fraction of sp³-hybridized carbons (Fsp3) is 0.370. The van der Waals surface area contributed by atoms with Crippen molar-refractivity contribution in [2.24, 2.45) is 22.2 Å². The van der Waals surface area contributed by atoms with Crippen LogP contribution in [0.4, 0.5) is 0 Å². The molecule has 39 heavy (non-hydrogen) atoms. The third-order valence-electron chi connectivity index (χ3n) is 5.79. The fourth-order valence-corrected chi connectivity index (χ4v) is 4.31. The molecule has 2 aromatic rings. The molecule has 11 nitrogen and oxygen atoms in total. The van der Waals surface area contributed by atoms with Crippen molar-refractivity contribution in [2.45, 2.75) is 25.9 Å². The van der Waals surface area contributed by atoms with Gasteiger partial charge in [0.25, 0.3) is 0 Å². The van der Waals surface area contributed by atoms with Gasteiger partial charge >= 0.3 is 0 Å². The molecule has 0 bridgehead atoms. The van der Waals surface area contributed by atoms with Crippen LogP contribution >= 0.6 is 11.8 Å². The quantitative estimate of drug-likeness (QED) is 0.129. The Labute approximate surface area is 233 Å². The van der Waals surface area contributed by atoms with Crippen LogP contribution < -0.4 is 22.5 Å². The first-order valence-electron chi connectivity index (χ1n) is 12.5. The molecule has 1 atom stereocenters. The highest BCUT2D eigenvalue weighted by Gasteiger charge is 2.27. The Morgan fingerprint density at radius 2 is 1.54 bits per heavy atom. The van der Waals surface area contributed by atoms with Gasteiger partial charge in [0.15, 0.2) is 5.96 Å². The average molecular weight is 556 g/mol. The molecular formula is C27H37N7O4S. The number of aliphatic imine (C=N–C) groups is 1. The highest BCUT2D eigenvalue weighted by molar-refractivity contribution is 7.99. The Balaban J connectivity index is 2.03. The van der Waals surface area contributed by atoms with Crippen LogP contribution in [0.25, 0.3) is 0 Å². The van der Waals surface area contributed by atoms with E-state index in [0.29, 0.717) is 25.3 Å². The van der Waals surface area contributed by atoms with E-state index >= 15 is 0 Å². The lowest BCUT2D eigenvalue weighted by molar-refractivity contribution is -0.143. The molecule has 4 amide bonds. The molecule has 0 unspecified atom stereocenters. The number of amides is 4. The number of thioether (sulfide) groups is 1. The van der Waals surface area contributed by atoms with Crippen LogP contribution in [-0.4, -0.2) is 83.1 Å². The maximum atomic E-state index is 13.4. The molecule has 2 rings (SSSR count). The minimum absolute atomic E-state index is 0.121. The number of nitrogens with two attached hydrogens (primary N) is 3. The van der Waals surface area contributed by atoms with E-state index in [1.807, 2.05) is 60.7 Å². The van der Waals surface area contributed by atoms with Crippen molar-refractivity contribution in [3.8, 4) is 0 Å². The number of carbonyl (C=O) groups is 4. The maximum absolute atomic E-state index is 13.4. The molecule has 7 N–H and O–H groups in total. The van der Waals surface area contributed by atoms with Crippen molar-refractivity contribution in [3.05, 3.63) is 71.8 Å². The number of primary amides is 1. The minimum atomic E-state index is -0.847. The zero-order chi connectivity index (χ0) is 28.6. The summed E-state index contributed by atoms with van der Waals surface area (Å²) in [6.07, 6.45) is 0.565. The predicted molar refractivity (Wildman–Crippen MR) is 153 cm³/mol. The third kappa shape index (κ3) is 11.9. The smallest absolute Gasteiger partial charge is 0.243 e. The summed E-state index contributed by atoms with van der Waals surface area (Å²) >= 11 is 1.34. The van der Waals surface area contributed by atoms with Crippen molar-refractivity contribution in [2.75, 3.05) is 37.7 Å². The highest BCUT2D eigenvalue weighted by atomic mass is 32.2. The number of nitrogens with one attached hydrogen (secondary N) is 1. The molecule has 0 aromatic heterocycles. The number of rotatable bonds is 16. The first kappa shape index (κ1) is 31.2. The number of hydrogen-bond donors (Lipinski definition) is 4. The molecule has 0 saturated carbocycles. The molecule has 210 valence electrons. The standard InChI is InChI=1S/C27H37N7O4S/c1-20(26(28)38)34(17-22-10-6-3-7-11-22)24(36)18-33(14-12-21-8-4-2-5-9-21)25(37)19-39-15-13-31-23(35)16-32-27(29)30/h2-11,20H,12-19H2,1H3,(H2,28,38)(H,31,35)(H4,29,30,32)/t20-/m1/s1. The molecule has 0 aliphatic carbocycles. The Hall–Kier alpha value is -4.06. The summed E-state index contributed by atoms with van der Waals surface area (Å²) in [4.78, 5) is 56.8. The minimum Gasteiger partial charge on any atom is -0.370 e. The Bertz CT molecular complexity index is 1110. The van der Waals surface area contributed by atoms with Crippen molar-refractivity contribution < 1.29 is 19.2 Å². The van der Waals surface area contributed by atoms with E-state index in [-0.39, 0.29) is 49.1 Å². The number of carbonyl (C=O) groups excluding carboxylic acids is 4. The number of hydrogen-bond acceptors (Lipinski definition) is 6. The van der Waals surface area contributed by atoms with E-state index in [0.717, 1.165) is 11.1 Å². The third-order valence-corrected chi connectivity index (χ3v) is 6.73. The molecule has 0 radical (unpaired) electrons. The molecule has 0 saturated heterocycles. The molecule has 0 aliphatic rings. The molecule has 0 heterocycles. The van der Waals surface area contributed by atoms with E-state index in [1.54, 1.807) is 6.92 Å². The van der Waals surface area contributed by atoms with Crippen LogP contribution in [-0.2, 0) is 32.1 Å². The predicted octanol–water partition coefficient (Wildman–Crippen LogP) is 0.0831. The first-order chi connectivity index (χ1) is 18.7. The second-order valence-corrected chi connectivity index (χ2v) is 9.89. The lowest BCUT2D eigenvalue weighted by Gasteiger charge is -2.31. The van der Waals surface area contributed by atoms with Gasteiger partial charge in [0.1, 0.15) is 12.6 Å². The summed E-state index contributed by atoms with van der Waals surface area (Å²) in [5.74, 6) is -1.10. The van der Waals surface area contributed by atoms with Gasteiger partial charge in [-0.05, 0) is 24.5 Å². The maximum Gasteiger partial charge on any atom is 0.243 e. The van der Waals surface area contributed by atoms with Crippen LogP contribution in [0.2, 0.25) is 0 Å². The second-order valence-electron chi connectivity index (χ2n) is 8.78. The topological polar surface area (TPSA) is 177 Å². The summed E-state index contributed by atoms with van der Waals surface area (Å²) in [6.45, 7) is 2.08. The van der Waals surface area contributed by atoms with Crippen LogP contribution in [0.1, 0.15) is 18.1 Å². The van der Waals surface area contributed by atoms with Crippen LogP contribution in [0, 0.1) is 0 Å². The van der Waals surface area contributed by atoms with Gasteiger partial charge in [-0.2, -0.15) is 11.8 Å². The van der Waals surface area contributed by atoms with E-state index < -0.39 is 11.9 Å². The highest BCUT2D eigenvalue weighted by Crippen LogP contribution is 2.12. The Kier molecular flexibility index (Phi) is 13.4. The van der Waals surface area contributed by atoms with Crippen molar-refractivity contribution in [3.63, 3.8) is 0 Å². The Morgan fingerprint density at radius 1 is 0.923 bits per heavy atom. The van der Waals surface area contributed by atoms with Crippen molar-refractivity contribution in [1.82, 2.24) is 15.1 Å². The molecule has 2 aromatic carbocycles. The number of benzene rings is 2. The number of guanidine groups is 1. The molecule has 0 spiro atoms. The van der Waals surface area contributed by atoms with Gasteiger partial charge in [-0.25, -0.2) is 4.99 Å². The number of nitrogens with zero attached hydrogens (tertiary/aromatic N) is 3. The first-order valence-corrected chi connectivity index (χ1v) is 13.7. The average Bonchev–Trinajstić information content (AvgIpc) is 2.93. The van der Waals surface area contributed by atoms with Gasteiger partial charge in [-0.1, -0.05) is 60.7 Å². The summed E-state index contributed by atoms with van der Waals surface area (Å²) in [7, 11) is 0. The second kappa shape index (κ2) is 16.7. The van der Waals surface area contributed by atoms with Crippen molar-refractivity contribution >= 4 is 41.4 Å². The molecule has 0 fully saturated rings. The van der Waals surface area contributed by atoms with Crippen LogP contribution in [0.5, 0.6) is 0 Å². The SMILES string of the molecule is C[C@H](C(N)=O)N(Cc1ccccc1)C(=O)CN(CCc1ccccc1)C(=O)CSCCNC(=O)CN=C(N)N. The van der Waals surface area contributed by atoms with Crippen molar-refractivity contribution in [1.29, 1.82) is 0 Å². The van der Waals surface area contributed by atoms with Gasteiger partial charge in [-0.15, -0.1) is 0 Å². The summed E-state index contributed by atoms with van der Waals surface area (Å²) in [5, 5.41) is 2.67. The molecule has 0 aliphatic heterocycles. The fourth-order valence-electron chi connectivity index (χ4n) is 3.56. The van der Waals surface area contributed by atoms with Gasteiger partial charge in [0.2, 0.25) is 23.6 Å². The lowest BCUT2D eigenvalue weighted by atomic mass is 10.1. The van der Waals surface area contributed by atoms with E-state index in [2.05, 4.69) is 10.3 Å². The van der Waals surface area contributed by atoms with Gasteiger partial charge in [0.05, 0.1) is 12.3 Å². The zero-order valence-electron chi connectivity index (χ0n) is 22.1. The zero-order valence-corrected chi connectivity index (χ0v) is 22.9.